The minimum atomic E-state index is -5.54. The van der Waals surface area contributed by atoms with Gasteiger partial charge < -0.3 is 0 Å². The summed E-state index contributed by atoms with van der Waals surface area (Å²) in [6.45, 7) is 1.40. The van der Waals surface area contributed by atoms with Crippen molar-refractivity contribution < 1.29 is 30.7 Å². The van der Waals surface area contributed by atoms with Crippen molar-refractivity contribution in [2.75, 3.05) is 0 Å². The summed E-state index contributed by atoms with van der Waals surface area (Å²) in [4.78, 5) is 0. The Balaban J connectivity index is 2.87. The molecule has 0 fully saturated rings. The van der Waals surface area contributed by atoms with E-state index in [0.29, 0.717) is 0 Å². The van der Waals surface area contributed by atoms with E-state index in [1.807, 2.05) is 0 Å². The van der Waals surface area contributed by atoms with Gasteiger partial charge in [0.25, 0.3) is 0 Å². The quantitative estimate of drug-likeness (QED) is 0.499. The van der Waals surface area contributed by atoms with Gasteiger partial charge in [-0.15, -0.1) is 0 Å². The molecule has 0 aromatic heterocycles. The molecule has 2 aromatic carbocycles. The molecule has 0 aliphatic heterocycles. The number of aryl methyl sites for hydroxylation is 1. The van der Waals surface area contributed by atoms with Gasteiger partial charge in [-0.25, -0.2) is 17.6 Å². The van der Waals surface area contributed by atoms with E-state index in [1.165, 1.54) is 25.1 Å². The smallest absolute Gasteiger partial charge is 0.203 e. The van der Waals surface area contributed by atoms with Crippen molar-refractivity contribution in [2.24, 2.45) is 0 Å². The molecule has 7 heteroatoms. The molecule has 21 heavy (non-hydrogen) atoms. The maximum atomic E-state index is 13.8. The fourth-order valence-electron chi connectivity index (χ4n) is 1.97. The highest BCUT2D eigenvalue weighted by atomic mass is 19.4. The van der Waals surface area contributed by atoms with Gasteiger partial charge in [0.05, 0.1) is 5.56 Å². The first kappa shape index (κ1) is 15.3. The number of halogens is 7. The minimum absolute atomic E-state index is 0.223. The molecular weight excluding hydrogens is 301 g/mol. The maximum Gasteiger partial charge on any atom is 0.422 e. The molecule has 2 aromatic rings. The zero-order chi connectivity index (χ0) is 15.9. The summed E-state index contributed by atoms with van der Waals surface area (Å²) < 4.78 is 92.1. The van der Waals surface area contributed by atoms with Crippen LogP contribution in [0, 0.1) is 30.2 Å². The third kappa shape index (κ3) is 2.48. The highest BCUT2D eigenvalue weighted by molar-refractivity contribution is 5.69. The molecule has 0 saturated carbocycles. The minimum Gasteiger partial charge on any atom is -0.203 e. The van der Waals surface area contributed by atoms with Crippen LogP contribution in [0.25, 0.3) is 11.1 Å². The predicted molar refractivity (Wildman–Crippen MR) is 61.4 cm³/mol. The first-order valence-corrected chi connectivity index (χ1v) is 5.65. The zero-order valence-electron chi connectivity index (χ0n) is 10.5. The second-order valence-electron chi connectivity index (χ2n) is 4.32. The maximum absolute atomic E-state index is 13.8. The zero-order valence-corrected chi connectivity index (χ0v) is 10.5. The molecule has 0 unspecified atom stereocenters. The number of rotatable bonds is 1. The lowest BCUT2D eigenvalue weighted by molar-refractivity contribution is -0.143. The molecule has 0 atom stereocenters. The van der Waals surface area contributed by atoms with E-state index in [9.17, 15) is 30.7 Å². The van der Waals surface area contributed by atoms with E-state index in [-0.39, 0.29) is 11.1 Å². The van der Waals surface area contributed by atoms with Crippen molar-refractivity contribution in [3.05, 3.63) is 58.7 Å². The van der Waals surface area contributed by atoms with Crippen LogP contribution in [0.4, 0.5) is 30.7 Å². The molecule has 2 rings (SSSR count). The van der Waals surface area contributed by atoms with Crippen LogP contribution in [0.5, 0.6) is 0 Å². The van der Waals surface area contributed by atoms with Crippen LogP contribution in [0.3, 0.4) is 0 Å². The van der Waals surface area contributed by atoms with E-state index in [4.69, 9.17) is 0 Å². The predicted octanol–water partition coefficient (Wildman–Crippen LogP) is 5.24. The Kier molecular flexibility index (Phi) is 3.69. The van der Waals surface area contributed by atoms with Crippen molar-refractivity contribution in [3.63, 3.8) is 0 Å². The Morgan fingerprint density at radius 1 is 0.762 bits per heavy atom. The molecule has 0 saturated heterocycles. The van der Waals surface area contributed by atoms with E-state index in [1.54, 1.807) is 0 Å². The van der Waals surface area contributed by atoms with E-state index < -0.39 is 40.6 Å². The Bertz CT molecular complexity index is 672. The van der Waals surface area contributed by atoms with E-state index in [2.05, 4.69) is 0 Å². The van der Waals surface area contributed by atoms with E-state index in [0.717, 1.165) is 6.07 Å². The number of hydrogen-bond acceptors (Lipinski definition) is 0. The second kappa shape index (κ2) is 5.05. The normalized spacial score (nSPS) is 11.8. The lowest BCUT2D eigenvalue weighted by Crippen LogP contribution is -2.16. The molecule has 0 radical (unpaired) electrons. The monoisotopic (exact) mass is 308 g/mol. The standard InChI is InChI=1S/C14H7F7/c1-6-4-2-3-5-7(6)8-10(15)12(17)9(14(19,20)21)13(18)11(8)16/h2-5H,1H3. The van der Waals surface area contributed by atoms with Gasteiger partial charge in [-0.05, 0) is 18.1 Å². The summed E-state index contributed by atoms with van der Waals surface area (Å²) >= 11 is 0. The van der Waals surface area contributed by atoms with Gasteiger partial charge in [0, 0.05) is 0 Å². The molecule has 0 bridgehead atoms. The second-order valence-corrected chi connectivity index (χ2v) is 4.32. The van der Waals surface area contributed by atoms with Crippen molar-refractivity contribution in [1.29, 1.82) is 0 Å². The lowest BCUT2D eigenvalue weighted by Gasteiger charge is -2.15. The highest BCUT2D eigenvalue weighted by Crippen LogP contribution is 2.40. The van der Waals surface area contributed by atoms with Crippen LogP contribution < -0.4 is 0 Å². The van der Waals surface area contributed by atoms with Crippen LogP contribution in [0.1, 0.15) is 11.1 Å². The van der Waals surface area contributed by atoms with Crippen molar-refractivity contribution in [2.45, 2.75) is 13.1 Å². The van der Waals surface area contributed by atoms with E-state index >= 15 is 0 Å². The molecule has 0 N–H and O–H groups in total. The van der Waals surface area contributed by atoms with Gasteiger partial charge >= 0.3 is 6.18 Å². The summed E-state index contributed by atoms with van der Waals surface area (Å²) in [6.07, 6.45) is -5.54. The largest absolute Gasteiger partial charge is 0.422 e. The van der Waals surface area contributed by atoms with Crippen LogP contribution >= 0.6 is 0 Å². The Hall–Kier alpha value is -2.05. The summed E-state index contributed by atoms with van der Waals surface area (Å²) in [6, 6.07) is 5.41. The molecular formula is C14H7F7. The highest BCUT2D eigenvalue weighted by Gasteiger charge is 2.42. The number of alkyl halides is 3. The van der Waals surface area contributed by atoms with Gasteiger partial charge in [0.2, 0.25) is 0 Å². The molecule has 0 heterocycles. The topological polar surface area (TPSA) is 0 Å². The van der Waals surface area contributed by atoms with Gasteiger partial charge in [0.1, 0.15) is 5.56 Å². The van der Waals surface area contributed by atoms with Crippen molar-refractivity contribution in [1.82, 2.24) is 0 Å². The first-order chi connectivity index (χ1) is 9.66. The van der Waals surface area contributed by atoms with Gasteiger partial charge in [0.15, 0.2) is 23.3 Å². The van der Waals surface area contributed by atoms with Crippen molar-refractivity contribution >= 4 is 0 Å². The Morgan fingerprint density at radius 2 is 1.24 bits per heavy atom. The summed E-state index contributed by atoms with van der Waals surface area (Å²) in [5.74, 6) is -9.06. The molecule has 0 spiro atoms. The van der Waals surface area contributed by atoms with Crippen LogP contribution in [-0.4, -0.2) is 0 Å². The first-order valence-electron chi connectivity index (χ1n) is 5.65. The van der Waals surface area contributed by atoms with Gasteiger partial charge in [-0.3, -0.25) is 0 Å². The summed E-state index contributed by atoms with van der Waals surface area (Å²) in [7, 11) is 0. The Labute approximate surface area is 114 Å². The van der Waals surface area contributed by atoms with Crippen LogP contribution in [0.15, 0.2) is 24.3 Å². The van der Waals surface area contributed by atoms with Gasteiger partial charge in [-0.1, -0.05) is 24.3 Å². The van der Waals surface area contributed by atoms with Gasteiger partial charge in [-0.2, -0.15) is 13.2 Å². The average Bonchev–Trinajstić information content (AvgIpc) is 2.37. The SMILES string of the molecule is Cc1ccccc1-c1c(F)c(F)c(C(F)(F)F)c(F)c1F. The fraction of sp³-hybridized carbons (Fsp3) is 0.143. The fourth-order valence-corrected chi connectivity index (χ4v) is 1.97. The third-order valence-corrected chi connectivity index (χ3v) is 2.96. The summed E-state index contributed by atoms with van der Waals surface area (Å²) in [5, 5.41) is 0. The molecule has 0 aliphatic carbocycles. The third-order valence-electron chi connectivity index (χ3n) is 2.96. The van der Waals surface area contributed by atoms with Crippen molar-refractivity contribution in [3.8, 4) is 11.1 Å². The van der Waals surface area contributed by atoms with Crippen LogP contribution in [0.2, 0.25) is 0 Å². The number of benzene rings is 2. The molecule has 0 aliphatic rings. The average molecular weight is 308 g/mol. The Morgan fingerprint density at radius 3 is 1.67 bits per heavy atom. The number of hydrogen-bond donors (Lipinski definition) is 0. The van der Waals surface area contributed by atoms with Crippen LogP contribution in [-0.2, 0) is 6.18 Å². The molecule has 0 amide bonds. The lowest BCUT2D eigenvalue weighted by atomic mass is 9.97. The molecule has 112 valence electrons. The summed E-state index contributed by atoms with van der Waals surface area (Å²) in [5.41, 5.74) is -3.70. The molecule has 0 nitrogen and oxygen atoms in total.